The van der Waals surface area contributed by atoms with Crippen molar-refractivity contribution in [3.05, 3.63) is 46.9 Å². The molecule has 2 heterocycles. The maximum atomic E-state index is 14.0. The molecule has 3 amide bonds. The smallest absolute Gasteiger partial charge is 0.319 e. The van der Waals surface area contributed by atoms with Crippen LogP contribution in [0.2, 0.25) is 0 Å². The quantitative estimate of drug-likeness (QED) is 0.767. The van der Waals surface area contributed by atoms with Gasteiger partial charge in [0.1, 0.15) is 5.82 Å². The van der Waals surface area contributed by atoms with Crippen LogP contribution in [0.3, 0.4) is 0 Å². The first-order chi connectivity index (χ1) is 10.5. The van der Waals surface area contributed by atoms with Crippen LogP contribution in [0.15, 0.2) is 35.5 Å². The Morgan fingerprint density at radius 3 is 2.82 bits per heavy atom. The van der Waals surface area contributed by atoms with Gasteiger partial charge in [0.2, 0.25) is 0 Å². The van der Waals surface area contributed by atoms with Gasteiger partial charge in [-0.25, -0.2) is 9.18 Å². The summed E-state index contributed by atoms with van der Waals surface area (Å²) in [6.45, 7) is 1.94. The number of carbonyl (C=O) groups excluding carboxylic acids is 2. The first kappa shape index (κ1) is 14.5. The van der Waals surface area contributed by atoms with Crippen molar-refractivity contribution in [2.45, 2.75) is 19.1 Å². The number of hydrogen-bond acceptors (Lipinski definition) is 3. The van der Waals surface area contributed by atoms with Crippen molar-refractivity contribution < 1.29 is 19.1 Å². The highest BCUT2D eigenvalue weighted by Gasteiger charge is 2.41. The summed E-state index contributed by atoms with van der Waals surface area (Å²) in [7, 11) is 0. The number of hydrogen-bond donors (Lipinski definition) is 3. The minimum atomic E-state index is -0.823. The molecular weight excluding hydrogens is 289 g/mol. The normalized spacial score (nSPS) is 22.3. The van der Waals surface area contributed by atoms with Gasteiger partial charge in [-0.2, -0.15) is 0 Å². The van der Waals surface area contributed by atoms with E-state index < -0.39 is 24.0 Å². The standard InChI is InChI=1S/C15H16FN3O3/c1-8(20)6-19-7-11-12(14(19)21)13(18-15(22)17-11)9-4-2-3-5-10(9)16/h2-5,8,13,20H,6-7H2,1H3,(H2,17,18,22)/t8-,13-/m1/s1. The number of carbonyl (C=O) groups is 2. The van der Waals surface area contributed by atoms with Crippen LogP contribution in [-0.4, -0.2) is 41.1 Å². The van der Waals surface area contributed by atoms with Crippen molar-refractivity contribution in [1.29, 1.82) is 0 Å². The number of amides is 3. The molecule has 0 unspecified atom stereocenters. The molecule has 2 aliphatic rings. The van der Waals surface area contributed by atoms with Crippen LogP contribution in [0.5, 0.6) is 0 Å². The Morgan fingerprint density at radius 1 is 1.41 bits per heavy atom. The summed E-state index contributed by atoms with van der Waals surface area (Å²) in [6.07, 6.45) is -0.680. The highest BCUT2D eigenvalue weighted by atomic mass is 19.1. The Kier molecular flexibility index (Phi) is 3.58. The fraction of sp³-hybridized carbons (Fsp3) is 0.333. The Hall–Kier alpha value is -2.41. The topological polar surface area (TPSA) is 81.7 Å². The van der Waals surface area contributed by atoms with Gasteiger partial charge >= 0.3 is 6.03 Å². The molecule has 0 radical (unpaired) electrons. The average Bonchev–Trinajstić information content (AvgIpc) is 2.74. The van der Waals surface area contributed by atoms with E-state index in [-0.39, 0.29) is 24.6 Å². The average molecular weight is 305 g/mol. The monoisotopic (exact) mass is 305 g/mol. The summed E-state index contributed by atoms with van der Waals surface area (Å²) in [5.41, 5.74) is 1.03. The van der Waals surface area contributed by atoms with Crippen molar-refractivity contribution in [2.75, 3.05) is 13.1 Å². The number of aliphatic hydroxyl groups excluding tert-OH is 1. The summed E-state index contributed by atoms with van der Waals surface area (Å²) < 4.78 is 14.0. The Morgan fingerprint density at radius 2 is 2.14 bits per heavy atom. The third-order valence-electron chi connectivity index (χ3n) is 3.72. The molecule has 1 aromatic carbocycles. The van der Waals surface area contributed by atoms with Gasteiger partial charge in [0.25, 0.3) is 5.91 Å². The van der Waals surface area contributed by atoms with Gasteiger partial charge < -0.3 is 20.6 Å². The lowest BCUT2D eigenvalue weighted by molar-refractivity contribution is -0.126. The largest absolute Gasteiger partial charge is 0.392 e. The molecule has 116 valence electrons. The molecule has 0 aliphatic carbocycles. The molecule has 3 N–H and O–H groups in total. The predicted molar refractivity (Wildman–Crippen MR) is 76.1 cm³/mol. The minimum absolute atomic E-state index is 0.158. The Bertz CT molecular complexity index is 672. The van der Waals surface area contributed by atoms with Crippen molar-refractivity contribution in [3.63, 3.8) is 0 Å². The molecule has 2 atom stereocenters. The highest BCUT2D eigenvalue weighted by molar-refractivity contribution is 6.01. The molecule has 6 nitrogen and oxygen atoms in total. The van der Waals surface area contributed by atoms with Gasteiger partial charge in [0.05, 0.1) is 30.0 Å². The summed E-state index contributed by atoms with van der Waals surface area (Å²) >= 11 is 0. The molecule has 1 aromatic rings. The third-order valence-corrected chi connectivity index (χ3v) is 3.72. The number of rotatable bonds is 3. The first-order valence-electron chi connectivity index (χ1n) is 6.99. The summed E-state index contributed by atoms with van der Waals surface area (Å²) in [4.78, 5) is 25.7. The van der Waals surface area contributed by atoms with Crippen LogP contribution >= 0.6 is 0 Å². The van der Waals surface area contributed by atoms with Crippen LogP contribution in [0.25, 0.3) is 0 Å². The van der Waals surface area contributed by atoms with Crippen LogP contribution in [0.1, 0.15) is 18.5 Å². The first-order valence-corrected chi connectivity index (χ1v) is 6.99. The molecule has 22 heavy (non-hydrogen) atoms. The van der Waals surface area contributed by atoms with Crippen LogP contribution in [-0.2, 0) is 4.79 Å². The van der Waals surface area contributed by atoms with E-state index in [9.17, 15) is 19.1 Å². The molecule has 0 aromatic heterocycles. The van der Waals surface area contributed by atoms with Gasteiger partial charge in [-0.1, -0.05) is 18.2 Å². The zero-order valence-electron chi connectivity index (χ0n) is 12.0. The maximum absolute atomic E-state index is 14.0. The second kappa shape index (κ2) is 5.42. The predicted octanol–water partition coefficient (Wildman–Crippen LogP) is 0.657. The molecule has 0 bridgehead atoms. The van der Waals surface area contributed by atoms with E-state index in [1.165, 1.54) is 11.0 Å². The SMILES string of the molecule is C[C@@H](O)CN1CC2=C(C1=O)[C@@H](c1ccccc1F)NC(=O)N2. The molecule has 7 heteroatoms. The number of β-amino-alcohol motifs (C(OH)–C–C–N with tert-alkyl or cyclic N) is 1. The van der Waals surface area contributed by atoms with E-state index in [0.717, 1.165) is 0 Å². The number of halogens is 1. The second-order valence-corrected chi connectivity index (χ2v) is 5.48. The fourth-order valence-electron chi connectivity index (χ4n) is 2.84. The van der Waals surface area contributed by atoms with Crippen LogP contribution in [0.4, 0.5) is 9.18 Å². The Labute approximate surface area is 126 Å². The van der Waals surface area contributed by atoms with Crippen LogP contribution in [0, 0.1) is 5.82 Å². The number of benzene rings is 1. The van der Waals surface area contributed by atoms with E-state index >= 15 is 0 Å². The van der Waals surface area contributed by atoms with Crippen LogP contribution < -0.4 is 10.6 Å². The van der Waals surface area contributed by atoms with Crippen molar-refractivity contribution in [2.24, 2.45) is 0 Å². The van der Waals surface area contributed by atoms with Crippen molar-refractivity contribution in [1.82, 2.24) is 15.5 Å². The zero-order chi connectivity index (χ0) is 15.9. The zero-order valence-corrected chi connectivity index (χ0v) is 12.0. The van der Waals surface area contributed by atoms with Gasteiger partial charge in [0, 0.05) is 12.1 Å². The molecule has 3 rings (SSSR count). The van der Waals surface area contributed by atoms with E-state index in [1.54, 1.807) is 25.1 Å². The molecule has 0 saturated carbocycles. The lowest BCUT2D eigenvalue weighted by Gasteiger charge is -2.25. The summed E-state index contributed by atoms with van der Waals surface area (Å²) in [6, 6.07) is 4.74. The lowest BCUT2D eigenvalue weighted by atomic mass is 9.96. The van der Waals surface area contributed by atoms with E-state index in [1.807, 2.05) is 0 Å². The van der Waals surface area contributed by atoms with Gasteiger partial charge in [0.15, 0.2) is 0 Å². The fourth-order valence-corrected chi connectivity index (χ4v) is 2.84. The minimum Gasteiger partial charge on any atom is -0.392 e. The van der Waals surface area contributed by atoms with Crippen molar-refractivity contribution in [3.8, 4) is 0 Å². The number of nitrogens with zero attached hydrogens (tertiary/aromatic N) is 1. The van der Waals surface area contributed by atoms with Crippen molar-refractivity contribution >= 4 is 11.9 Å². The molecule has 0 saturated heterocycles. The van der Waals surface area contributed by atoms with E-state index in [0.29, 0.717) is 11.3 Å². The molecular formula is C15H16FN3O3. The summed E-state index contributed by atoms with van der Waals surface area (Å²) in [5.74, 6) is -0.792. The summed E-state index contributed by atoms with van der Waals surface area (Å²) in [5, 5.41) is 14.7. The van der Waals surface area contributed by atoms with E-state index in [4.69, 9.17) is 0 Å². The Balaban J connectivity index is 1.98. The van der Waals surface area contributed by atoms with E-state index in [2.05, 4.69) is 10.6 Å². The highest BCUT2D eigenvalue weighted by Crippen LogP contribution is 2.33. The number of urea groups is 1. The molecule has 2 aliphatic heterocycles. The number of aliphatic hydroxyl groups is 1. The van der Waals surface area contributed by atoms with Gasteiger partial charge in [-0.05, 0) is 13.0 Å². The molecule has 0 fully saturated rings. The number of nitrogens with one attached hydrogen (secondary N) is 2. The maximum Gasteiger partial charge on any atom is 0.319 e. The van der Waals surface area contributed by atoms with Gasteiger partial charge in [-0.15, -0.1) is 0 Å². The lowest BCUT2D eigenvalue weighted by Crippen LogP contribution is -2.44. The second-order valence-electron chi connectivity index (χ2n) is 5.48. The third kappa shape index (κ3) is 2.43. The van der Waals surface area contributed by atoms with Gasteiger partial charge in [-0.3, -0.25) is 4.79 Å². The molecule has 0 spiro atoms.